The van der Waals surface area contributed by atoms with E-state index in [-0.39, 0.29) is 11.7 Å². The normalized spacial score (nSPS) is 10.4. The summed E-state index contributed by atoms with van der Waals surface area (Å²) in [6, 6.07) is 6.08. The van der Waals surface area contributed by atoms with E-state index in [0.29, 0.717) is 5.82 Å². The van der Waals surface area contributed by atoms with Gasteiger partial charge in [-0.15, -0.1) is 0 Å². The van der Waals surface area contributed by atoms with Crippen LogP contribution < -0.4 is 0 Å². The van der Waals surface area contributed by atoms with Gasteiger partial charge in [-0.1, -0.05) is 17.7 Å². The Labute approximate surface area is 106 Å². The van der Waals surface area contributed by atoms with Crippen molar-refractivity contribution in [1.29, 1.82) is 0 Å². The van der Waals surface area contributed by atoms with Gasteiger partial charge in [0.25, 0.3) is 5.91 Å². The van der Waals surface area contributed by atoms with Crippen LogP contribution in [0.25, 0.3) is 11.4 Å². The zero-order valence-corrected chi connectivity index (χ0v) is 11.0. The molecule has 0 bridgehead atoms. The van der Waals surface area contributed by atoms with Crippen molar-refractivity contribution in [3.63, 3.8) is 0 Å². The van der Waals surface area contributed by atoms with Crippen LogP contribution in [-0.2, 0) is 0 Å². The molecule has 1 aromatic heterocycles. The molecule has 2 rings (SSSR count). The maximum absolute atomic E-state index is 11.7. The summed E-state index contributed by atoms with van der Waals surface area (Å²) >= 11 is 0. The number of amides is 1. The Bertz CT molecular complexity index is 586. The number of aromatic amines is 1. The number of benzene rings is 1. The monoisotopic (exact) mass is 244 g/mol. The Morgan fingerprint density at radius 1 is 1.28 bits per heavy atom. The molecule has 1 N–H and O–H groups in total. The zero-order valence-electron chi connectivity index (χ0n) is 11.0. The number of aryl methyl sites for hydroxylation is 2. The second-order valence-corrected chi connectivity index (χ2v) is 4.53. The van der Waals surface area contributed by atoms with Crippen LogP contribution in [0.2, 0.25) is 0 Å². The highest BCUT2D eigenvalue weighted by molar-refractivity contribution is 5.90. The third-order valence-electron chi connectivity index (χ3n) is 2.73. The van der Waals surface area contributed by atoms with E-state index in [0.717, 1.165) is 16.7 Å². The van der Waals surface area contributed by atoms with E-state index >= 15 is 0 Å². The van der Waals surface area contributed by atoms with Crippen molar-refractivity contribution in [2.24, 2.45) is 0 Å². The van der Waals surface area contributed by atoms with Crippen LogP contribution in [0.1, 0.15) is 21.7 Å². The number of carbonyl (C=O) groups excluding carboxylic acids is 1. The highest BCUT2D eigenvalue weighted by Crippen LogP contribution is 2.21. The summed E-state index contributed by atoms with van der Waals surface area (Å²) in [4.78, 5) is 17.4. The second kappa shape index (κ2) is 4.60. The number of nitrogens with one attached hydrogen (secondary N) is 1. The predicted octanol–water partition coefficient (Wildman–Crippen LogP) is 1.79. The Kier molecular flexibility index (Phi) is 3.14. The zero-order chi connectivity index (χ0) is 13.3. The Hall–Kier alpha value is -2.17. The molecule has 1 aromatic carbocycles. The molecule has 2 aromatic rings. The smallest absolute Gasteiger partial charge is 0.290 e. The van der Waals surface area contributed by atoms with Crippen molar-refractivity contribution >= 4 is 5.91 Å². The molecule has 5 heteroatoms. The summed E-state index contributed by atoms with van der Waals surface area (Å²) < 4.78 is 0. The van der Waals surface area contributed by atoms with Crippen molar-refractivity contribution < 1.29 is 4.79 Å². The van der Waals surface area contributed by atoms with Crippen LogP contribution in [0.15, 0.2) is 18.2 Å². The van der Waals surface area contributed by atoms with E-state index in [2.05, 4.69) is 15.2 Å². The van der Waals surface area contributed by atoms with Gasteiger partial charge in [-0.3, -0.25) is 9.89 Å². The fourth-order valence-corrected chi connectivity index (χ4v) is 1.67. The van der Waals surface area contributed by atoms with E-state index in [1.807, 2.05) is 32.0 Å². The summed E-state index contributed by atoms with van der Waals surface area (Å²) in [6.45, 7) is 4.01. The van der Waals surface area contributed by atoms with Crippen LogP contribution in [0, 0.1) is 13.8 Å². The summed E-state index contributed by atoms with van der Waals surface area (Å²) in [5, 5.41) is 6.79. The van der Waals surface area contributed by atoms with Gasteiger partial charge in [0.05, 0.1) is 0 Å². The third-order valence-corrected chi connectivity index (χ3v) is 2.73. The molecule has 0 aliphatic heterocycles. The number of hydrogen-bond donors (Lipinski definition) is 1. The summed E-state index contributed by atoms with van der Waals surface area (Å²) in [7, 11) is 3.37. The average Bonchev–Trinajstić information content (AvgIpc) is 2.80. The van der Waals surface area contributed by atoms with E-state index in [9.17, 15) is 4.79 Å². The maximum Gasteiger partial charge on any atom is 0.290 e. The summed E-state index contributed by atoms with van der Waals surface area (Å²) in [6.07, 6.45) is 0. The maximum atomic E-state index is 11.7. The molecule has 0 spiro atoms. The molecule has 0 radical (unpaired) electrons. The first-order valence-electron chi connectivity index (χ1n) is 5.70. The number of carbonyl (C=O) groups is 1. The SMILES string of the molecule is Cc1ccc(C)c(-c2n[nH]c(C(=O)N(C)C)n2)c1. The fraction of sp³-hybridized carbons (Fsp3) is 0.308. The van der Waals surface area contributed by atoms with Crippen molar-refractivity contribution in [3.8, 4) is 11.4 Å². The largest absolute Gasteiger partial charge is 0.342 e. The van der Waals surface area contributed by atoms with E-state index in [1.54, 1.807) is 14.1 Å². The van der Waals surface area contributed by atoms with Crippen LogP contribution in [-0.4, -0.2) is 40.1 Å². The molecule has 5 nitrogen and oxygen atoms in total. The molecule has 0 fully saturated rings. The van der Waals surface area contributed by atoms with Gasteiger partial charge >= 0.3 is 0 Å². The molecule has 0 aliphatic rings. The topological polar surface area (TPSA) is 61.9 Å². The first kappa shape index (κ1) is 12.3. The summed E-state index contributed by atoms with van der Waals surface area (Å²) in [5.41, 5.74) is 3.17. The molecular weight excluding hydrogens is 228 g/mol. The molecule has 0 aliphatic carbocycles. The first-order valence-corrected chi connectivity index (χ1v) is 5.70. The van der Waals surface area contributed by atoms with Gasteiger partial charge in [-0.05, 0) is 25.5 Å². The van der Waals surface area contributed by atoms with Gasteiger partial charge in [-0.2, -0.15) is 5.10 Å². The lowest BCUT2D eigenvalue weighted by Gasteiger charge is -2.06. The third kappa shape index (κ3) is 2.25. The highest BCUT2D eigenvalue weighted by atomic mass is 16.2. The minimum absolute atomic E-state index is 0.181. The molecule has 0 unspecified atom stereocenters. The standard InChI is InChI=1S/C13H16N4O/c1-8-5-6-9(2)10(7-8)11-14-12(16-15-11)13(18)17(3)4/h5-7H,1-4H3,(H,14,15,16). The lowest BCUT2D eigenvalue weighted by atomic mass is 10.1. The van der Waals surface area contributed by atoms with Crippen LogP contribution in [0.4, 0.5) is 0 Å². The highest BCUT2D eigenvalue weighted by Gasteiger charge is 2.15. The van der Waals surface area contributed by atoms with Crippen molar-refractivity contribution in [3.05, 3.63) is 35.2 Å². The Balaban J connectivity index is 2.41. The van der Waals surface area contributed by atoms with Crippen molar-refractivity contribution in [2.75, 3.05) is 14.1 Å². The van der Waals surface area contributed by atoms with Crippen molar-refractivity contribution in [1.82, 2.24) is 20.1 Å². The van der Waals surface area contributed by atoms with Gasteiger partial charge in [-0.25, -0.2) is 4.98 Å². The summed E-state index contributed by atoms with van der Waals surface area (Å²) in [5.74, 6) is 0.636. The van der Waals surface area contributed by atoms with E-state index in [1.165, 1.54) is 4.90 Å². The molecule has 0 saturated carbocycles. The van der Waals surface area contributed by atoms with E-state index < -0.39 is 0 Å². The van der Waals surface area contributed by atoms with Gasteiger partial charge in [0.2, 0.25) is 5.82 Å². The minimum Gasteiger partial charge on any atom is -0.342 e. The predicted molar refractivity (Wildman–Crippen MR) is 69.3 cm³/mol. The molecule has 94 valence electrons. The quantitative estimate of drug-likeness (QED) is 0.876. The molecule has 1 amide bonds. The van der Waals surface area contributed by atoms with Crippen LogP contribution in [0.3, 0.4) is 0 Å². The minimum atomic E-state index is -0.181. The number of rotatable bonds is 2. The lowest BCUT2D eigenvalue weighted by Crippen LogP contribution is -2.22. The molecule has 1 heterocycles. The van der Waals surface area contributed by atoms with Crippen LogP contribution in [0.5, 0.6) is 0 Å². The molecule has 18 heavy (non-hydrogen) atoms. The number of nitrogens with zero attached hydrogens (tertiary/aromatic N) is 3. The Morgan fingerprint density at radius 3 is 2.67 bits per heavy atom. The number of H-pyrrole nitrogens is 1. The van der Waals surface area contributed by atoms with Crippen molar-refractivity contribution in [2.45, 2.75) is 13.8 Å². The van der Waals surface area contributed by atoms with Gasteiger partial charge in [0.1, 0.15) is 0 Å². The van der Waals surface area contributed by atoms with E-state index in [4.69, 9.17) is 0 Å². The fourth-order valence-electron chi connectivity index (χ4n) is 1.67. The Morgan fingerprint density at radius 2 is 2.00 bits per heavy atom. The second-order valence-electron chi connectivity index (χ2n) is 4.53. The molecule has 0 atom stereocenters. The van der Waals surface area contributed by atoms with Gasteiger partial charge < -0.3 is 4.90 Å². The van der Waals surface area contributed by atoms with Crippen LogP contribution >= 0.6 is 0 Å². The lowest BCUT2D eigenvalue weighted by molar-refractivity contribution is 0.0816. The molecular formula is C13H16N4O. The molecule has 0 saturated heterocycles. The average molecular weight is 244 g/mol. The number of aromatic nitrogens is 3. The first-order chi connectivity index (χ1) is 8.49. The van der Waals surface area contributed by atoms with Gasteiger partial charge in [0.15, 0.2) is 5.82 Å². The van der Waals surface area contributed by atoms with Gasteiger partial charge in [0, 0.05) is 19.7 Å². The number of hydrogen-bond acceptors (Lipinski definition) is 3.